The van der Waals surface area contributed by atoms with Crippen molar-refractivity contribution in [1.82, 2.24) is 24.7 Å². The molecule has 3 amide bonds. The molecule has 212 valence electrons. The molecule has 1 aromatic carbocycles. The fraction of sp³-hybridized carbons (Fsp3) is 0.367. The van der Waals surface area contributed by atoms with Gasteiger partial charge in [-0.1, -0.05) is 22.0 Å². The van der Waals surface area contributed by atoms with Gasteiger partial charge < -0.3 is 24.6 Å². The average molecular weight is 619 g/mol. The molecule has 1 unspecified atom stereocenters. The number of pyridine rings is 1. The van der Waals surface area contributed by atoms with Crippen LogP contribution in [0.1, 0.15) is 47.1 Å². The summed E-state index contributed by atoms with van der Waals surface area (Å²) in [7, 11) is 0. The quantitative estimate of drug-likeness (QED) is 0.346. The Hall–Kier alpha value is -4.17. The lowest BCUT2D eigenvalue weighted by atomic mass is 9.89. The van der Waals surface area contributed by atoms with E-state index in [0.29, 0.717) is 37.3 Å². The van der Waals surface area contributed by atoms with Crippen LogP contribution in [0.5, 0.6) is 0 Å². The van der Waals surface area contributed by atoms with Crippen LogP contribution in [0.4, 0.5) is 5.82 Å². The molecule has 0 bridgehead atoms. The number of benzene rings is 1. The highest BCUT2D eigenvalue weighted by atomic mass is 79.9. The van der Waals surface area contributed by atoms with E-state index in [1.807, 2.05) is 48.4 Å². The lowest BCUT2D eigenvalue weighted by Gasteiger charge is -2.48. The monoisotopic (exact) mass is 617 g/mol. The van der Waals surface area contributed by atoms with E-state index in [1.54, 1.807) is 23.2 Å². The zero-order valence-electron chi connectivity index (χ0n) is 23.3. The van der Waals surface area contributed by atoms with Crippen molar-refractivity contribution in [2.24, 2.45) is 0 Å². The van der Waals surface area contributed by atoms with Crippen LogP contribution in [0.3, 0.4) is 0 Å². The van der Waals surface area contributed by atoms with Gasteiger partial charge in [-0.05, 0) is 45.0 Å². The summed E-state index contributed by atoms with van der Waals surface area (Å²) < 4.78 is 2.84. The molecule has 5 heterocycles. The maximum absolute atomic E-state index is 14.0. The van der Waals surface area contributed by atoms with Gasteiger partial charge in [0.2, 0.25) is 12.3 Å². The van der Waals surface area contributed by atoms with Gasteiger partial charge in [0, 0.05) is 65.1 Å². The summed E-state index contributed by atoms with van der Waals surface area (Å²) in [5, 5.41) is 13.0. The number of piperazine rings is 1. The molecule has 6 rings (SSSR count). The minimum absolute atomic E-state index is 0.0252. The summed E-state index contributed by atoms with van der Waals surface area (Å²) in [5.74, 6) is 0.599. The van der Waals surface area contributed by atoms with E-state index >= 15 is 0 Å². The Morgan fingerprint density at radius 1 is 1.24 bits per heavy atom. The largest absolute Gasteiger partial charge is 0.352 e. The van der Waals surface area contributed by atoms with Gasteiger partial charge in [0.15, 0.2) is 0 Å². The first-order valence-electron chi connectivity index (χ1n) is 13.5. The van der Waals surface area contributed by atoms with Crippen LogP contribution < -0.4 is 10.2 Å². The molecule has 3 aromatic rings. The summed E-state index contributed by atoms with van der Waals surface area (Å²) in [4.78, 5) is 48.0. The van der Waals surface area contributed by atoms with Crippen LogP contribution in [0.25, 0.3) is 10.9 Å². The number of likely N-dealkylation sites (tertiary alicyclic amines) is 1. The summed E-state index contributed by atoms with van der Waals surface area (Å²) in [6.07, 6.45) is 4.11. The number of aromatic nitrogens is 2. The second-order valence-corrected chi connectivity index (χ2v) is 11.5. The van der Waals surface area contributed by atoms with Crippen molar-refractivity contribution in [3.8, 4) is 6.07 Å². The van der Waals surface area contributed by atoms with Gasteiger partial charge in [0.1, 0.15) is 18.4 Å². The molecule has 10 nitrogen and oxygen atoms in total. The molecule has 3 aliphatic rings. The summed E-state index contributed by atoms with van der Waals surface area (Å²) in [5.41, 5.74) is 3.80. The molecule has 2 fully saturated rings. The third-order valence-corrected chi connectivity index (χ3v) is 8.57. The highest BCUT2D eigenvalue weighted by Crippen LogP contribution is 2.46. The van der Waals surface area contributed by atoms with Crippen molar-refractivity contribution >= 4 is 50.9 Å². The highest BCUT2D eigenvalue weighted by Gasteiger charge is 2.44. The fourth-order valence-corrected chi connectivity index (χ4v) is 6.67. The standard InChI is InChI=1S/C27H26BrN7O3.C3H6/c1-15-9-33(22-6-3-17(7-29)8-30-22)12-21-25-19(28)4-5-20-26(25)24(27(38)35(15)21)16(2)34(20)13-23(37)31-18-10-32(11-18)14-36;1-3-2/h3-6,8,14-15,18,21H,9-13H2,1-2H3,(H,31,37);3H,1H2,2H3/t15?,21-;/m0./s1. The molecular formula is C30H32BrN7O3. The van der Waals surface area contributed by atoms with E-state index < -0.39 is 0 Å². The maximum atomic E-state index is 14.0. The number of nitrogens with one attached hydrogen (secondary N) is 1. The van der Waals surface area contributed by atoms with Crippen molar-refractivity contribution in [2.75, 3.05) is 31.1 Å². The number of hydrogen-bond acceptors (Lipinski definition) is 6. The molecule has 3 aliphatic heterocycles. The van der Waals surface area contributed by atoms with Crippen molar-refractivity contribution in [3.05, 3.63) is 70.0 Å². The number of allylic oxidation sites excluding steroid dienone is 1. The Labute approximate surface area is 247 Å². The zero-order chi connectivity index (χ0) is 29.4. The average Bonchev–Trinajstić information content (AvgIpc) is 3.21. The first-order chi connectivity index (χ1) is 19.7. The molecule has 0 saturated carbocycles. The number of hydrogen-bond donors (Lipinski definition) is 1. The third kappa shape index (κ3) is 4.97. The Balaban J connectivity index is 0.00000108. The Morgan fingerprint density at radius 3 is 2.61 bits per heavy atom. The lowest BCUT2D eigenvalue weighted by Crippen LogP contribution is -2.59. The summed E-state index contributed by atoms with van der Waals surface area (Å²) >= 11 is 3.76. The van der Waals surface area contributed by atoms with E-state index in [1.165, 1.54) is 0 Å². The molecule has 11 heteroatoms. The number of nitriles is 1. The van der Waals surface area contributed by atoms with E-state index in [-0.39, 0.29) is 36.5 Å². The van der Waals surface area contributed by atoms with Crippen LogP contribution in [-0.4, -0.2) is 75.8 Å². The van der Waals surface area contributed by atoms with Gasteiger partial charge in [-0.3, -0.25) is 14.4 Å². The van der Waals surface area contributed by atoms with Crippen LogP contribution >= 0.6 is 15.9 Å². The van der Waals surface area contributed by atoms with E-state index in [0.717, 1.165) is 38.9 Å². The second kappa shape index (κ2) is 11.4. The minimum Gasteiger partial charge on any atom is -0.352 e. The SMILES string of the molecule is C=CC.Cc1c2c3c(c(Br)ccc3n1CC(=O)NC1CN(C=O)C1)[C@@H]1CN(c3ccc(C#N)cn3)CC(C)N1C2=O. The predicted molar refractivity (Wildman–Crippen MR) is 159 cm³/mol. The highest BCUT2D eigenvalue weighted by molar-refractivity contribution is 9.10. The Bertz CT molecular complexity index is 1570. The molecule has 2 atom stereocenters. The molecule has 0 aliphatic carbocycles. The van der Waals surface area contributed by atoms with E-state index in [2.05, 4.69) is 43.8 Å². The molecule has 41 heavy (non-hydrogen) atoms. The van der Waals surface area contributed by atoms with Crippen LogP contribution in [0.15, 0.2) is 47.6 Å². The van der Waals surface area contributed by atoms with Gasteiger partial charge in [0.25, 0.3) is 5.91 Å². The van der Waals surface area contributed by atoms with Gasteiger partial charge >= 0.3 is 0 Å². The topological polar surface area (TPSA) is 115 Å². The van der Waals surface area contributed by atoms with Gasteiger partial charge in [-0.15, -0.1) is 6.58 Å². The van der Waals surface area contributed by atoms with E-state index in [9.17, 15) is 14.4 Å². The molecule has 2 saturated heterocycles. The van der Waals surface area contributed by atoms with Gasteiger partial charge in [-0.25, -0.2) is 4.98 Å². The van der Waals surface area contributed by atoms with Crippen LogP contribution in [0.2, 0.25) is 0 Å². The van der Waals surface area contributed by atoms with Crippen LogP contribution in [0, 0.1) is 18.3 Å². The second-order valence-electron chi connectivity index (χ2n) is 10.6. The third-order valence-electron chi connectivity index (χ3n) is 7.87. The van der Waals surface area contributed by atoms with Crippen molar-refractivity contribution in [2.45, 2.75) is 45.4 Å². The molecule has 2 aromatic heterocycles. The number of fused-ring (bicyclic) bond motifs is 2. The van der Waals surface area contributed by atoms with Crippen molar-refractivity contribution < 1.29 is 14.4 Å². The maximum Gasteiger partial charge on any atom is 0.257 e. The number of nitrogens with zero attached hydrogens (tertiary/aromatic N) is 6. The fourth-order valence-electron chi connectivity index (χ4n) is 6.08. The normalized spacial score (nSPS) is 19.5. The van der Waals surface area contributed by atoms with Gasteiger partial charge in [0.05, 0.1) is 23.2 Å². The summed E-state index contributed by atoms with van der Waals surface area (Å²) in [6.45, 7) is 11.5. The lowest BCUT2D eigenvalue weighted by molar-refractivity contribution is -0.128. The first-order valence-corrected chi connectivity index (χ1v) is 14.3. The number of halogens is 1. The van der Waals surface area contributed by atoms with Crippen LogP contribution in [-0.2, 0) is 16.1 Å². The molecule has 0 spiro atoms. The number of anilines is 1. The smallest absolute Gasteiger partial charge is 0.257 e. The van der Waals surface area contributed by atoms with Crippen molar-refractivity contribution in [1.29, 1.82) is 5.26 Å². The molecule has 1 N–H and O–H groups in total. The number of carbonyl (C=O) groups is 3. The number of amides is 3. The number of carbonyl (C=O) groups excluding carboxylic acids is 3. The van der Waals surface area contributed by atoms with Gasteiger partial charge in [-0.2, -0.15) is 5.26 Å². The minimum atomic E-state index is -0.206. The summed E-state index contributed by atoms with van der Waals surface area (Å²) in [6, 6.07) is 9.32. The first kappa shape index (κ1) is 28.4. The Morgan fingerprint density at radius 2 is 1.98 bits per heavy atom. The molecule has 0 radical (unpaired) electrons. The molecular weight excluding hydrogens is 586 g/mol. The Kier molecular flexibility index (Phi) is 7.87. The predicted octanol–water partition coefficient (Wildman–Crippen LogP) is 3.53. The zero-order valence-corrected chi connectivity index (χ0v) is 24.9. The number of rotatable bonds is 5. The van der Waals surface area contributed by atoms with Crippen molar-refractivity contribution in [3.63, 3.8) is 0 Å². The van der Waals surface area contributed by atoms with E-state index in [4.69, 9.17) is 5.26 Å².